The number of amides is 1. The third-order valence-electron chi connectivity index (χ3n) is 3.11. The number of ether oxygens (including phenoxy) is 1. The van der Waals surface area contributed by atoms with E-state index in [0.717, 1.165) is 11.1 Å². The molecule has 2 rings (SSSR count). The predicted molar refractivity (Wildman–Crippen MR) is 88.4 cm³/mol. The van der Waals surface area contributed by atoms with Crippen LogP contribution in [0.25, 0.3) is 0 Å². The SMILES string of the molecule is CC(=NNC(=O)COc1ccc(Cl)cc1C)c1ccc(F)cc1. The molecular formula is C17H16ClFN2O2. The van der Waals surface area contributed by atoms with Crippen LogP contribution in [0.1, 0.15) is 18.1 Å². The lowest BCUT2D eigenvalue weighted by Gasteiger charge is -2.08. The molecule has 23 heavy (non-hydrogen) atoms. The first-order valence-corrected chi connectivity index (χ1v) is 7.31. The van der Waals surface area contributed by atoms with Gasteiger partial charge in [0.25, 0.3) is 5.91 Å². The smallest absolute Gasteiger partial charge is 0.277 e. The second-order valence-electron chi connectivity index (χ2n) is 4.94. The van der Waals surface area contributed by atoms with Gasteiger partial charge in [-0.25, -0.2) is 9.82 Å². The number of benzene rings is 2. The van der Waals surface area contributed by atoms with Crippen molar-refractivity contribution in [2.45, 2.75) is 13.8 Å². The van der Waals surface area contributed by atoms with E-state index < -0.39 is 0 Å². The Morgan fingerprint density at radius 1 is 1.26 bits per heavy atom. The Hall–Kier alpha value is -2.40. The minimum Gasteiger partial charge on any atom is -0.483 e. The quantitative estimate of drug-likeness (QED) is 0.669. The van der Waals surface area contributed by atoms with Crippen molar-refractivity contribution in [3.8, 4) is 5.75 Å². The Labute approximate surface area is 138 Å². The number of nitrogens with zero attached hydrogens (tertiary/aromatic N) is 1. The molecule has 2 aromatic carbocycles. The van der Waals surface area contributed by atoms with Crippen LogP contribution in [0.15, 0.2) is 47.6 Å². The zero-order valence-electron chi connectivity index (χ0n) is 12.8. The van der Waals surface area contributed by atoms with Crippen LogP contribution < -0.4 is 10.2 Å². The Bertz CT molecular complexity index is 730. The van der Waals surface area contributed by atoms with E-state index in [1.807, 2.05) is 6.92 Å². The maximum absolute atomic E-state index is 12.8. The van der Waals surface area contributed by atoms with E-state index in [2.05, 4.69) is 10.5 Å². The minimum atomic E-state index is -0.388. The summed E-state index contributed by atoms with van der Waals surface area (Å²) in [7, 11) is 0. The summed E-state index contributed by atoms with van der Waals surface area (Å²) >= 11 is 5.86. The summed E-state index contributed by atoms with van der Waals surface area (Å²) in [6, 6.07) is 11.0. The fourth-order valence-electron chi connectivity index (χ4n) is 1.85. The minimum absolute atomic E-state index is 0.164. The van der Waals surface area contributed by atoms with E-state index >= 15 is 0 Å². The zero-order valence-corrected chi connectivity index (χ0v) is 13.5. The molecule has 0 aliphatic carbocycles. The van der Waals surface area contributed by atoms with Crippen LogP contribution in [0, 0.1) is 12.7 Å². The molecule has 0 unspecified atom stereocenters. The number of hydrogen-bond donors (Lipinski definition) is 1. The first-order valence-electron chi connectivity index (χ1n) is 6.94. The first kappa shape index (κ1) is 17.0. The van der Waals surface area contributed by atoms with Crippen LogP contribution in [0.2, 0.25) is 5.02 Å². The summed E-state index contributed by atoms with van der Waals surface area (Å²) < 4.78 is 18.3. The molecule has 0 saturated heterocycles. The van der Waals surface area contributed by atoms with Crippen molar-refractivity contribution < 1.29 is 13.9 Å². The largest absolute Gasteiger partial charge is 0.483 e. The van der Waals surface area contributed by atoms with Gasteiger partial charge in [0.2, 0.25) is 0 Å². The molecule has 0 aliphatic rings. The lowest BCUT2D eigenvalue weighted by molar-refractivity contribution is -0.123. The van der Waals surface area contributed by atoms with Gasteiger partial charge >= 0.3 is 0 Å². The van der Waals surface area contributed by atoms with Crippen molar-refractivity contribution in [3.63, 3.8) is 0 Å². The van der Waals surface area contributed by atoms with Crippen molar-refractivity contribution in [2.24, 2.45) is 5.10 Å². The van der Waals surface area contributed by atoms with Gasteiger partial charge in [-0.05, 0) is 55.3 Å². The summed E-state index contributed by atoms with van der Waals surface area (Å²) in [6.45, 7) is 3.40. The van der Waals surface area contributed by atoms with Crippen LogP contribution >= 0.6 is 11.6 Å². The van der Waals surface area contributed by atoms with Gasteiger partial charge < -0.3 is 4.74 Å². The van der Waals surface area contributed by atoms with E-state index in [1.165, 1.54) is 12.1 Å². The Morgan fingerprint density at radius 3 is 2.61 bits per heavy atom. The normalized spacial score (nSPS) is 11.2. The highest BCUT2D eigenvalue weighted by atomic mass is 35.5. The van der Waals surface area contributed by atoms with Gasteiger partial charge in [-0.3, -0.25) is 4.79 Å². The molecule has 0 atom stereocenters. The second-order valence-corrected chi connectivity index (χ2v) is 5.37. The van der Waals surface area contributed by atoms with Crippen molar-refractivity contribution in [1.29, 1.82) is 0 Å². The molecule has 4 nitrogen and oxygen atoms in total. The summed E-state index contributed by atoms with van der Waals surface area (Å²) in [6.07, 6.45) is 0. The number of rotatable bonds is 5. The molecule has 0 saturated carbocycles. The molecular weight excluding hydrogens is 319 g/mol. The summed E-state index contributed by atoms with van der Waals surface area (Å²) in [5.41, 5.74) is 4.54. The zero-order chi connectivity index (χ0) is 16.8. The lowest BCUT2D eigenvalue weighted by Crippen LogP contribution is -2.25. The Balaban J connectivity index is 1.89. The number of halogens is 2. The third-order valence-corrected chi connectivity index (χ3v) is 3.34. The molecule has 1 amide bonds. The number of nitrogens with one attached hydrogen (secondary N) is 1. The van der Waals surface area contributed by atoms with Gasteiger partial charge in [-0.15, -0.1) is 0 Å². The standard InChI is InChI=1S/C17H16ClFN2O2/c1-11-9-14(18)5-8-16(11)23-10-17(22)21-20-12(2)13-3-6-15(19)7-4-13/h3-9H,10H2,1-2H3,(H,21,22). The van der Waals surface area contributed by atoms with Gasteiger partial charge in [-0.2, -0.15) is 5.10 Å². The molecule has 2 aromatic rings. The van der Waals surface area contributed by atoms with Crippen LogP contribution in [-0.2, 0) is 4.79 Å². The molecule has 120 valence electrons. The van der Waals surface area contributed by atoms with E-state index in [4.69, 9.17) is 16.3 Å². The molecule has 1 N–H and O–H groups in total. The van der Waals surface area contributed by atoms with Gasteiger partial charge in [0.15, 0.2) is 6.61 Å². The van der Waals surface area contributed by atoms with Gasteiger partial charge in [0, 0.05) is 5.02 Å². The molecule has 0 bridgehead atoms. The van der Waals surface area contributed by atoms with Crippen molar-refractivity contribution in [3.05, 3.63) is 64.4 Å². The van der Waals surface area contributed by atoms with Crippen LogP contribution in [-0.4, -0.2) is 18.2 Å². The fourth-order valence-corrected chi connectivity index (χ4v) is 2.08. The molecule has 0 fully saturated rings. The summed E-state index contributed by atoms with van der Waals surface area (Å²) in [5, 5.41) is 4.58. The predicted octanol–water partition coefficient (Wildman–Crippen LogP) is 3.71. The van der Waals surface area contributed by atoms with Gasteiger partial charge in [0.05, 0.1) is 5.71 Å². The molecule has 0 aliphatic heterocycles. The average Bonchev–Trinajstić information content (AvgIpc) is 2.52. The molecule has 0 heterocycles. The van der Waals surface area contributed by atoms with E-state index in [1.54, 1.807) is 37.3 Å². The van der Waals surface area contributed by atoms with Crippen LogP contribution in [0.5, 0.6) is 5.75 Å². The highest BCUT2D eigenvalue weighted by Crippen LogP contribution is 2.21. The van der Waals surface area contributed by atoms with Gasteiger partial charge in [0.1, 0.15) is 11.6 Å². The van der Waals surface area contributed by atoms with E-state index in [0.29, 0.717) is 16.5 Å². The summed E-state index contributed by atoms with van der Waals surface area (Å²) in [4.78, 5) is 11.8. The van der Waals surface area contributed by atoms with Crippen LogP contribution in [0.3, 0.4) is 0 Å². The second kappa shape index (κ2) is 7.74. The topological polar surface area (TPSA) is 50.7 Å². The Morgan fingerprint density at radius 2 is 1.96 bits per heavy atom. The lowest BCUT2D eigenvalue weighted by atomic mass is 10.1. The monoisotopic (exact) mass is 334 g/mol. The third kappa shape index (κ3) is 5.07. The summed E-state index contributed by atoms with van der Waals surface area (Å²) in [5.74, 6) is -0.123. The molecule has 0 aromatic heterocycles. The number of carbonyl (C=O) groups is 1. The maximum atomic E-state index is 12.8. The number of hydrazone groups is 1. The molecule has 0 radical (unpaired) electrons. The van der Waals surface area contributed by atoms with Crippen molar-refractivity contribution in [1.82, 2.24) is 5.43 Å². The maximum Gasteiger partial charge on any atom is 0.277 e. The number of hydrogen-bond acceptors (Lipinski definition) is 3. The number of aryl methyl sites for hydroxylation is 1. The number of carbonyl (C=O) groups excluding carboxylic acids is 1. The highest BCUT2D eigenvalue weighted by Gasteiger charge is 2.05. The average molecular weight is 335 g/mol. The van der Waals surface area contributed by atoms with E-state index in [-0.39, 0.29) is 18.3 Å². The first-order chi connectivity index (χ1) is 11.0. The van der Waals surface area contributed by atoms with Crippen molar-refractivity contribution >= 4 is 23.2 Å². The van der Waals surface area contributed by atoms with Crippen molar-refractivity contribution in [2.75, 3.05) is 6.61 Å². The molecule has 0 spiro atoms. The van der Waals surface area contributed by atoms with E-state index in [9.17, 15) is 9.18 Å². The highest BCUT2D eigenvalue weighted by molar-refractivity contribution is 6.30. The Kier molecular flexibility index (Phi) is 5.71. The van der Waals surface area contributed by atoms with Gasteiger partial charge in [-0.1, -0.05) is 23.7 Å². The van der Waals surface area contributed by atoms with Crippen LogP contribution in [0.4, 0.5) is 4.39 Å². The fraction of sp³-hybridized carbons (Fsp3) is 0.176. The molecule has 6 heteroatoms.